The first-order valence-corrected chi connectivity index (χ1v) is 5.60. The van der Waals surface area contributed by atoms with Crippen LogP contribution in [0.25, 0.3) is 0 Å². The van der Waals surface area contributed by atoms with Gasteiger partial charge in [-0.15, -0.1) is 11.8 Å². The van der Waals surface area contributed by atoms with E-state index >= 15 is 0 Å². The lowest BCUT2D eigenvalue weighted by Crippen LogP contribution is -2.30. The van der Waals surface area contributed by atoms with Crippen LogP contribution in [0.4, 0.5) is 18.9 Å². The molecule has 0 heterocycles. The zero-order valence-electron chi connectivity index (χ0n) is 7.96. The lowest BCUT2D eigenvalue weighted by molar-refractivity contribution is -0.195. The summed E-state index contributed by atoms with van der Waals surface area (Å²) in [6.07, 6.45) is -7.00. The van der Waals surface area contributed by atoms with Crippen molar-refractivity contribution in [2.45, 2.75) is 17.2 Å². The number of alkyl halides is 3. The van der Waals surface area contributed by atoms with Crippen LogP contribution in [0.1, 0.15) is 0 Å². The Balaban J connectivity index is 2.69. The first-order valence-electron chi connectivity index (χ1n) is 4.24. The fourth-order valence-electron chi connectivity index (χ4n) is 0.935. The van der Waals surface area contributed by atoms with Gasteiger partial charge in [-0.25, -0.2) is 0 Å². The Morgan fingerprint density at radius 3 is 2.56 bits per heavy atom. The van der Waals surface area contributed by atoms with Crippen LogP contribution in [0.15, 0.2) is 23.1 Å². The Labute approximate surface area is 99.6 Å². The second-order valence-corrected chi connectivity index (χ2v) is 4.46. The summed E-state index contributed by atoms with van der Waals surface area (Å²) in [6.45, 7) is 0. The third-order valence-electron chi connectivity index (χ3n) is 1.76. The van der Waals surface area contributed by atoms with Crippen molar-refractivity contribution in [3.8, 4) is 0 Å². The van der Waals surface area contributed by atoms with E-state index in [1.807, 2.05) is 0 Å². The van der Waals surface area contributed by atoms with E-state index in [-0.39, 0.29) is 5.02 Å². The number of hydrogen-bond donors (Lipinski definition) is 2. The van der Waals surface area contributed by atoms with E-state index in [0.29, 0.717) is 10.6 Å². The summed E-state index contributed by atoms with van der Waals surface area (Å²) >= 11 is 6.55. The fraction of sp³-hybridized carbons (Fsp3) is 0.333. The van der Waals surface area contributed by atoms with Gasteiger partial charge in [-0.3, -0.25) is 0 Å². The van der Waals surface area contributed by atoms with Crippen molar-refractivity contribution in [2.75, 3.05) is 11.5 Å². The van der Waals surface area contributed by atoms with E-state index in [2.05, 4.69) is 0 Å². The molecule has 0 aliphatic carbocycles. The predicted octanol–water partition coefficient (Wildman–Crippen LogP) is 2.94. The molecule has 0 fully saturated rings. The Morgan fingerprint density at radius 2 is 2.06 bits per heavy atom. The molecular weight excluding hydrogens is 263 g/mol. The molecule has 0 aromatic heterocycles. The van der Waals surface area contributed by atoms with E-state index in [1.165, 1.54) is 12.1 Å². The highest BCUT2D eigenvalue weighted by Gasteiger charge is 2.38. The molecule has 3 N–H and O–H groups in total. The van der Waals surface area contributed by atoms with Gasteiger partial charge in [0.05, 0.1) is 5.02 Å². The van der Waals surface area contributed by atoms with E-state index in [1.54, 1.807) is 6.07 Å². The molecule has 0 saturated carbocycles. The fourth-order valence-corrected chi connectivity index (χ4v) is 2.23. The summed E-state index contributed by atoms with van der Waals surface area (Å²) in [7, 11) is 0. The molecule has 1 unspecified atom stereocenters. The second kappa shape index (κ2) is 5.16. The molecule has 0 aliphatic rings. The molecule has 1 aromatic carbocycles. The summed E-state index contributed by atoms with van der Waals surface area (Å²) in [5.74, 6) is -0.530. The topological polar surface area (TPSA) is 46.2 Å². The third kappa shape index (κ3) is 3.47. The summed E-state index contributed by atoms with van der Waals surface area (Å²) in [4.78, 5) is 0.354. The number of nitrogens with two attached hydrogens (primary N) is 1. The van der Waals surface area contributed by atoms with Gasteiger partial charge in [0.25, 0.3) is 0 Å². The Kier molecular flexibility index (Phi) is 4.35. The van der Waals surface area contributed by atoms with Crippen LogP contribution in [0.2, 0.25) is 5.02 Å². The maximum Gasteiger partial charge on any atom is 0.415 e. The zero-order valence-corrected chi connectivity index (χ0v) is 9.53. The van der Waals surface area contributed by atoms with Crippen LogP contribution in [0.5, 0.6) is 0 Å². The van der Waals surface area contributed by atoms with E-state index in [4.69, 9.17) is 22.4 Å². The number of halogens is 4. The lowest BCUT2D eigenvalue weighted by atomic mass is 10.3. The van der Waals surface area contributed by atoms with E-state index in [0.717, 1.165) is 11.8 Å². The highest BCUT2D eigenvalue weighted by atomic mass is 35.5. The van der Waals surface area contributed by atoms with Crippen molar-refractivity contribution in [2.24, 2.45) is 0 Å². The molecule has 7 heteroatoms. The molecule has 16 heavy (non-hydrogen) atoms. The number of aliphatic hydroxyl groups is 1. The van der Waals surface area contributed by atoms with E-state index < -0.39 is 18.0 Å². The molecule has 0 amide bonds. The maximum absolute atomic E-state index is 12.0. The highest BCUT2D eigenvalue weighted by molar-refractivity contribution is 7.99. The summed E-state index contributed by atoms with van der Waals surface area (Å²) in [5.41, 5.74) is 5.85. The molecule has 0 radical (unpaired) electrons. The van der Waals surface area contributed by atoms with Crippen LogP contribution < -0.4 is 5.73 Å². The van der Waals surface area contributed by atoms with Gasteiger partial charge in [0.1, 0.15) is 0 Å². The SMILES string of the molecule is Nc1cccc(Cl)c1SCC(O)C(F)(F)F. The van der Waals surface area contributed by atoms with Crippen molar-refractivity contribution in [1.29, 1.82) is 0 Å². The van der Waals surface area contributed by atoms with Gasteiger partial charge in [-0.1, -0.05) is 17.7 Å². The predicted molar refractivity (Wildman–Crippen MR) is 58.7 cm³/mol. The normalized spacial score (nSPS) is 13.8. The molecule has 1 atom stereocenters. The third-order valence-corrected chi connectivity index (χ3v) is 3.41. The standard InChI is InChI=1S/C9H9ClF3NOS/c10-5-2-1-3-6(14)8(5)16-4-7(15)9(11,12)13/h1-3,7,15H,4,14H2. The van der Waals surface area contributed by atoms with E-state index in [9.17, 15) is 13.2 Å². The summed E-state index contributed by atoms with van der Waals surface area (Å²) in [5, 5.41) is 9.08. The zero-order chi connectivity index (χ0) is 12.3. The van der Waals surface area contributed by atoms with Gasteiger partial charge in [0.2, 0.25) is 0 Å². The van der Waals surface area contributed by atoms with Crippen molar-refractivity contribution in [1.82, 2.24) is 0 Å². The number of nitrogen functional groups attached to an aromatic ring is 1. The van der Waals surface area contributed by atoms with Crippen LogP contribution in [0, 0.1) is 0 Å². The monoisotopic (exact) mass is 271 g/mol. The first-order chi connectivity index (χ1) is 7.32. The lowest BCUT2D eigenvalue weighted by Gasteiger charge is -2.14. The molecule has 0 bridgehead atoms. The maximum atomic E-state index is 12.0. The quantitative estimate of drug-likeness (QED) is 0.656. The van der Waals surface area contributed by atoms with Crippen molar-refractivity contribution < 1.29 is 18.3 Å². The van der Waals surface area contributed by atoms with Gasteiger partial charge < -0.3 is 10.8 Å². The summed E-state index contributed by atoms with van der Waals surface area (Å²) < 4.78 is 36.1. The Bertz CT molecular complexity index is 352. The smallest absolute Gasteiger partial charge is 0.398 e. The number of benzene rings is 1. The number of hydrogen-bond acceptors (Lipinski definition) is 3. The minimum atomic E-state index is -4.62. The molecule has 0 aliphatic heterocycles. The van der Waals surface area contributed by atoms with Gasteiger partial charge in [0.15, 0.2) is 6.10 Å². The number of anilines is 1. The molecular formula is C9H9ClF3NOS. The molecule has 2 nitrogen and oxygen atoms in total. The largest absolute Gasteiger partial charge is 0.415 e. The molecule has 0 spiro atoms. The minimum Gasteiger partial charge on any atom is -0.398 e. The Morgan fingerprint density at radius 1 is 1.44 bits per heavy atom. The first kappa shape index (κ1) is 13.5. The van der Waals surface area contributed by atoms with Crippen molar-refractivity contribution in [3.05, 3.63) is 23.2 Å². The van der Waals surface area contributed by atoms with Gasteiger partial charge in [-0.2, -0.15) is 13.2 Å². The average molecular weight is 272 g/mol. The molecule has 1 aromatic rings. The van der Waals surface area contributed by atoms with Crippen molar-refractivity contribution in [3.63, 3.8) is 0 Å². The van der Waals surface area contributed by atoms with Crippen molar-refractivity contribution >= 4 is 29.1 Å². The van der Waals surface area contributed by atoms with Gasteiger partial charge >= 0.3 is 6.18 Å². The van der Waals surface area contributed by atoms with Crippen LogP contribution in [-0.4, -0.2) is 23.1 Å². The van der Waals surface area contributed by atoms with Crippen LogP contribution in [-0.2, 0) is 0 Å². The molecule has 90 valence electrons. The average Bonchev–Trinajstić information content (AvgIpc) is 2.15. The minimum absolute atomic E-state index is 0.277. The highest BCUT2D eigenvalue weighted by Crippen LogP contribution is 2.34. The number of rotatable bonds is 3. The van der Waals surface area contributed by atoms with Crippen LogP contribution in [0.3, 0.4) is 0 Å². The number of aliphatic hydroxyl groups excluding tert-OH is 1. The molecule has 1 rings (SSSR count). The number of thioether (sulfide) groups is 1. The Hall–Kier alpha value is -0.590. The molecule has 0 saturated heterocycles. The second-order valence-electron chi connectivity index (χ2n) is 3.03. The van der Waals surface area contributed by atoms with Gasteiger partial charge in [0, 0.05) is 16.3 Å². The summed E-state index contributed by atoms with van der Waals surface area (Å²) in [6, 6.07) is 4.66. The van der Waals surface area contributed by atoms with Gasteiger partial charge in [-0.05, 0) is 12.1 Å². The van der Waals surface area contributed by atoms with Crippen LogP contribution >= 0.6 is 23.4 Å².